The molecular formula is C14H28O5Si. The van der Waals surface area contributed by atoms with Gasteiger partial charge in [0.05, 0.1) is 19.3 Å². The first-order chi connectivity index (χ1) is 9.69. The molecule has 2 unspecified atom stereocenters. The summed E-state index contributed by atoms with van der Waals surface area (Å²) < 4.78 is 27.0. The average Bonchev–Trinajstić information content (AvgIpc) is 3.31. The van der Waals surface area contributed by atoms with Crippen molar-refractivity contribution in [2.24, 2.45) is 0 Å². The van der Waals surface area contributed by atoms with Gasteiger partial charge in [0.25, 0.3) is 0 Å². The lowest BCUT2D eigenvalue weighted by atomic mass is 10.1. The van der Waals surface area contributed by atoms with Gasteiger partial charge < -0.3 is 22.8 Å². The molecule has 1 aliphatic rings. The number of allylic oxidation sites excluding steroid dienone is 2. The summed E-state index contributed by atoms with van der Waals surface area (Å²) in [6.07, 6.45) is 7.95. The molecule has 5 nitrogen and oxygen atoms in total. The van der Waals surface area contributed by atoms with Gasteiger partial charge in [-0.15, -0.1) is 0 Å². The summed E-state index contributed by atoms with van der Waals surface area (Å²) >= 11 is 0. The van der Waals surface area contributed by atoms with E-state index in [1.807, 2.05) is 0 Å². The van der Waals surface area contributed by atoms with Crippen molar-refractivity contribution in [3.8, 4) is 0 Å². The Hall–Kier alpha value is -0.243. The maximum atomic E-state index is 5.80. The Balaban J connectivity index is 2.18. The molecule has 6 heteroatoms. The second kappa shape index (κ2) is 9.65. The van der Waals surface area contributed by atoms with Crippen molar-refractivity contribution >= 4 is 8.80 Å². The second-order valence-electron chi connectivity index (χ2n) is 4.87. The van der Waals surface area contributed by atoms with Crippen molar-refractivity contribution in [3.63, 3.8) is 0 Å². The van der Waals surface area contributed by atoms with Gasteiger partial charge in [0.2, 0.25) is 0 Å². The monoisotopic (exact) mass is 304 g/mol. The third kappa shape index (κ3) is 6.47. The van der Waals surface area contributed by atoms with E-state index in [1.165, 1.54) is 0 Å². The maximum absolute atomic E-state index is 5.80. The fraction of sp³-hybridized carbons (Fsp3) is 0.857. The summed E-state index contributed by atoms with van der Waals surface area (Å²) in [6.45, 7) is 3.74. The molecule has 0 N–H and O–H groups in total. The van der Waals surface area contributed by atoms with E-state index in [2.05, 4.69) is 19.1 Å². The zero-order valence-electron chi connectivity index (χ0n) is 13.1. The minimum atomic E-state index is -2.46. The molecule has 1 heterocycles. The van der Waals surface area contributed by atoms with Crippen molar-refractivity contribution < 1.29 is 22.8 Å². The van der Waals surface area contributed by atoms with E-state index >= 15 is 0 Å². The van der Waals surface area contributed by atoms with Gasteiger partial charge in [0.15, 0.2) is 0 Å². The van der Waals surface area contributed by atoms with Crippen molar-refractivity contribution in [3.05, 3.63) is 12.2 Å². The molecule has 0 saturated carbocycles. The number of rotatable bonds is 12. The first-order valence-electron chi connectivity index (χ1n) is 7.23. The fourth-order valence-corrected chi connectivity index (χ4v) is 3.40. The number of ether oxygens (including phenoxy) is 2. The summed E-state index contributed by atoms with van der Waals surface area (Å²) in [4.78, 5) is 0. The number of hydrogen-bond acceptors (Lipinski definition) is 5. The molecule has 1 aliphatic heterocycles. The molecule has 1 fully saturated rings. The van der Waals surface area contributed by atoms with Crippen molar-refractivity contribution in [2.75, 3.05) is 34.5 Å². The van der Waals surface area contributed by atoms with Gasteiger partial charge in [-0.25, -0.2) is 0 Å². The van der Waals surface area contributed by atoms with E-state index in [0.29, 0.717) is 18.3 Å². The molecule has 1 saturated heterocycles. The number of epoxide rings is 1. The normalized spacial score (nSPS) is 20.5. The largest absolute Gasteiger partial charge is 0.504 e. The standard InChI is InChI=1S/C14H28O5Si/c1-5-13(18-11-14-12-19-14)9-7-6-8-10-20(15-2,16-3)17-4/h6,8,13-14H,5,7,9-12H2,1-4H3. The van der Waals surface area contributed by atoms with Gasteiger partial charge in [0, 0.05) is 27.4 Å². The Morgan fingerprint density at radius 3 is 2.35 bits per heavy atom. The van der Waals surface area contributed by atoms with Crippen LogP contribution in [0.3, 0.4) is 0 Å². The zero-order valence-corrected chi connectivity index (χ0v) is 14.1. The van der Waals surface area contributed by atoms with Crippen LogP contribution in [0.15, 0.2) is 12.2 Å². The Kier molecular flexibility index (Phi) is 8.59. The van der Waals surface area contributed by atoms with E-state index in [-0.39, 0.29) is 0 Å². The molecule has 1 rings (SSSR count). The lowest BCUT2D eigenvalue weighted by Crippen LogP contribution is -2.42. The maximum Gasteiger partial charge on any atom is 0.504 e. The predicted octanol–water partition coefficient (Wildman–Crippen LogP) is 2.39. The number of hydrogen-bond donors (Lipinski definition) is 0. The third-order valence-corrected chi connectivity index (χ3v) is 6.10. The van der Waals surface area contributed by atoms with Crippen molar-refractivity contribution in [1.29, 1.82) is 0 Å². The van der Waals surface area contributed by atoms with Crippen LogP contribution in [0.2, 0.25) is 6.04 Å². The minimum absolute atomic E-state index is 0.318. The first kappa shape index (κ1) is 17.8. The molecule has 20 heavy (non-hydrogen) atoms. The summed E-state index contributed by atoms with van der Waals surface area (Å²) in [5.41, 5.74) is 0. The molecule has 118 valence electrons. The minimum Gasteiger partial charge on any atom is -0.377 e. The van der Waals surface area contributed by atoms with Crippen LogP contribution in [0.5, 0.6) is 0 Å². The molecule has 2 atom stereocenters. The van der Waals surface area contributed by atoms with Gasteiger partial charge in [-0.3, -0.25) is 0 Å². The van der Waals surface area contributed by atoms with E-state index < -0.39 is 8.80 Å². The van der Waals surface area contributed by atoms with Gasteiger partial charge in [-0.1, -0.05) is 19.1 Å². The molecule has 0 aromatic rings. The highest BCUT2D eigenvalue weighted by Crippen LogP contribution is 2.16. The van der Waals surface area contributed by atoms with Gasteiger partial charge in [0.1, 0.15) is 6.10 Å². The zero-order chi connectivity index (χ0) is 14.8. The Morgan fingerprint density at radius 2 is 1.85 bits per heavy atom. The van der Waals surface area contributed by atoms with E-state index in [4.69, 9.17) is 22.8 Å². The molecule has 0 radical (unpaired) electrons. The molecule has 0 aromatic heterocycles. The van der Waals surface area contributed by atoms with E-state index in [9.17, 15) is 0 Å². The van der Waals surface area contributed by atoms with Crippen LogP contribution in [0.25, 0.3) is 0 Å². The molecule has 0 bridgehead atoms. The molecule has 0 aromatic carbocycles. The molecule has 0 amide bonds. The topological polar surface area (TPSA) is 49.5 Å². The van der Waals surface area contributed by atoms with Crippen molar-refractivity contribution in [2.45, 2.75) is 44.4 Å². The quantitative estimate of drug-likeness (QED) is 0.315. The fourth-order valence-electron chi connectivity index (χ4n) is 1.94. The van der Waals surface area contributed by atoms with Crippen LogP contribution in [0, 0.1) is 0 Å². The van der Waals surface area contributed by atoms with Gasteiger partial charge in [-0.2, -0.15) is 0 Å². The van der Waals surface area contributed by atoms with Crippen LogP contribution in [0.1, 0.15) is 26.2 Å². The van der Waals surface area contributed by atoms with Crippen LogP contribution >= 0.6 is 0 Å². The highest BCUT2D eigenvalue weighted by molar-refractivity contribution is 6.61. The van der Waals surface area contributed by atoms with Crippen molar-refractivity contribution in [1.82, 2.24) is 0 Å². The SMILES string of the molecule is CCC(CCC=CC[Si](OC)(OC)OC)OCC1CO1. The summed E-state index contributed by atoms with van der Waals surface area (Å²) in [7, 11) is 2.44. The lowest BCUT2D eigenvalue weighted by molar-refractivity contribution is 0.0357. The van der Waals surface area contributed by atoms with Crippen LogP contribution in [-0.2, 0) is 22.8 Å². The van der Waals surface area contributed by atoms with E-state index in [1.54, 1.807) is 21.3 Å². The Morgan fingerprint density at radius 1 is 1.20 bits per heavy atom. The Labute approximate surface area is 123 Å². The molecule has 0 spiro atoms. The molecular weight excluding hydrogens is 276 g/mol. The van der Waals surface area contributed by atoms with Crippen LogP contribution in [0.4, 0.5) is 0 Å². The average molecular weight is 304 g/mol. The second-order valence-corrected chi connectivity index (χ2v) is 7.87. The van der Waals surface area contributed by atoms with E-state index in [0.717, 1.165) is 32.5 Å². The van der Waals surface area contributed by atoms with Crippen LogP contribution < -0.4 is 0 Å². The predicted molar refractivity (Wildman–Crippen MR) is 79.7 cm³/mol. The lowest BCUT2D eigenvalue weighted by Gasteiger charge is -2.22. The smallest absolute Gasteiger partial charge is 0.377 e. The molecule has 0 aliphatic carbocycles. The van der Waals surface area contributed by atoms with Crippen LogP contribution in [-0.4, -0.2) is 55.6 Å². The van der Waals surface area contributed by atoms with Gasteiger partial charge in [-0.05, 0) is 19.3 Å². The highest BCUT2D eigenvalue weighted by Gasteiger charge is 2.35. The third-order valence-electron chi connectivity index (χ3n) is 3.50. The summed E-state index contributed by atoms with van der Waals surface area (Å²) in [6, 6.07) is 0.698. The highest BCUT2D eigenvalue weighted by atomic mass is 28.4. The first-order valence-corrected chi connectivity index (χ1v) is 9.16. The summed E-state index contributed by atoms with van der Waals surface area (Å²) in [5, 5.41) is 0. The summed E-state index contributed by atoms with van der Waals surface area (Å²) in [5.74, 6) is 0. The Bertz CT molecular complexity index is 268. The van der Waals surface area contributed by atoms with Gasteiger partial charge >= 0.3 is 8.80 Å².